The lowest BCUT2D eigenvalue weighted by atomic mass is 10.0. The van der Waals surface area contributed by atoms with Crippen molar-refractivity contribution in [3.63, 3.8) is 0 Å². The summed E-state index contributed by atoms with van der Waals surface area (Å²) in [5.41, 5.74) is 2.16. The van der Waals surface area contributed by atoms with Crippen molar-refractivity contribution in [2.45, 2.75) is 24.3 Å². The molecule has 0 spiro atoms. The van der Waals surface area contributed by atoms with Gasteiger partial charge in [-0.3, -0.25) is 9.98 Å². The normalized spacial score (nSPS) is 24.1. The van der Waals surface area contributed by atoms with Crippen LogP contribution in [0.15, 0.2) is 66.0 Å². The minimum absolute atomic E-state index is 0.0258. The highest BCUT2D eigenvalue weighted by Gasteiger charge is 2.44. The molecule has 2 aliphatic rings. The minimum atomic E-state index is -0.0258. The summed E-state index contributed by atoms with van der Waals surface area (Å²) in [6, 6.07) is 14.1. The Labute approximate surface area is 167 Å². The minimum Gasteiger partial charge on any atom is -0.339 e. The molecule has 0 unspecified atom stereocenters. The fourth-order valence-electron chi connectivity index (χ4n) is 3.79. The van der Waals surface area contributed by atoms with Gasteiger partial charge in [-0.1, -0.05) is 36.4 Å². The second kappa shape index (κ2) is 6.69. The van der Waals surface area contributed by atoms with Crippen molar-refractivity contribution in [1.82, 2.24) is 19.4 Å². The topological polar surface area (TPSA) is 46.3 Å². The lowest BCUT2D eigenvalue weighted by molar-refractivity contribution is 0.312. The van der Waals surface area contributed by atoms with Crippen molar-refractivity contribution in [3.8, 4) is 5.82 Å². The number of fused-ring (bicyclic) bond motifs is 1. The number of rotatable bonds is 3. The molecule has 0 N–H and O–H groups in total. The molecule has 0 radical (unpaired) electrons. The summed E-state index contributed by atoms with van der Waals surface area (Å²) in [6.07, 6.45) is 5.57. The van der Waals surface area contributed by atoms with E-state index in [0.717, 1.165) is 28.9 Å². The van der Waals surface area contributed by atoms with Gasteiger partial charge in [0.05, 0.1) is 16.8 Å². The van der Waals surface area contributed by atoms with Gasteiger partial charge in [-0.05, 0) is 36.4 Å². The molecule has 7 heteroatoms. The van der Waals surface area contributed by atoms with E-state index in [1.165, 1.54) is 0 Å². The number of hydrogen-bond donors (Lipinski definition) is 0. The Balaban J connectivity index is 1.60. The lowest BCUT2D eigenvalue weighted by Gasteiger charge is -2.28. The summed E-state index contributed by atoms with van der Waals surface area (Å²) in [5, 5.41) is 2.28. The summed E-state index contributed by atoms with van der Waals surface area (Å²) >= 11 is 7.87. The van der Waals surface area contributed by atoms with Crippen LogP contribution in [0.2, 0.25) is 5.02 Å². The van der Waals surface area contributed by atoms with Gasteiger partial charge in [-0.25, -0.2) is 4.98 Å². The third-order valence-electron chi connectivity index (χ3n) is 4.92. The van der Waals surface area contributed by atoms with Crippen LogP contribution in [0.4, 0.5) is 0 Å². The zero-order valence-electron chi connectivity index (χ0n) is 14.7. The Kier molecular flexibility index (Phi) is 4.17. The molecule has 1 saturated heterocycles. The first-order chi connectivity index (χ1) is 13.2. The van der Waals surface area contributed by atoms with Crippen molar-refractivity contribution in [1.29, 1.82) is 0 Å². The highest BCUT2D eigenvalue weighted by Crippen LogP contribution is 2.47. The van der Waals surface area contributed by atoms with E-state index in [1.54, 1.807) is 6.20 Å². The Bertz CT molecular complexity index is 985. The number of amidine groups is 1. The molecule has 1 fully saturated rings. The van der Waals surface area contributed by atoms with Crippen LogP contribution in [0.25, 0.3) is 5.82 Å². The monoisotopic (exact) mass is 395 g/mol. The zero-order valence-corrected chi connectivity index (χ0v) is 16.3. The van der Waals surface area contributed by atoms with Crippen LogP contribution >= 0.6 is 23.4 Å². The van der Waals surface area contributed by atoms with Crippen molar-refractivity contribution in [3.05, 3.63) is 77.5 Å². The Morgan fingerprint density at radius 2 is 2.04 bits per heavy atom. The van der Waals surface area contributed by atoms with E-state index in [9.17, 15) is 0 Å². The van der Waals surface area contributed by atoms with E-state index in [2.05, 4.69) is 44.6 Å². The van der Waals surface area contributed by atoms with Gasteiger partial charge < -0.3 is 9.47 Å². The maximum Gasteiger partial charge on any atom is 0.160 e. The molecule has 3 aromatic rings. The van der Waals surface area contributed by atoms with Crippen LogP contribution in [-0.4, -0.2) is 36.4 Å². The molecule has 27 heavy (non-hydrogen) atoms. The van der Waals surface area contributed by atoms with Gasteiger partial charge in [0.1, 0.15) is 11.9 Å². The second-order valence-electron chi connectivity index (χ2n) is 6.77. The number of nitrogens with zero attached hydrogens (tertiary/aromatic N) is 5. The van der Waals surface area contributed by atoms with Gasteiger partial charge in [0.15, 0.2) is 5.17 Å². The van der Waals surface area contributed by atoms with Crippen molar-refractivity contribution in [2.24, 2.45) is 4.99 Å². The van der Waals surface area contributed by atoms with Gasteiger partial charge in [-0.15, -0.1) is 0 Å². The fourth-order valence-corrected chi connectivity index (χ4v) is 5.00. The van der Waals surface area contributed by atoms with Gasteiger partial charge in [0.2, 0.25) is 0 Å². The Morgan fingerprint density at radius 1 is 1.11 bits per heavy atom. The third kappa shape index (κ3) is 2.93. The number of hydrogen-bond acceptors (Lipinski definition) is 5. The molecule has 0 aliphatic carbocycles. The van der Waals surface area contributed by atoms with Crippen molar-refractivity contribution in [2.75, 3.05) is 6.54 Å². The fraction of sp³-hybridized carbons (Fsp3) is 0.250. The van der Waals surface area contributed by atoms with Crippen LogP contribution in [0.3, 0.4) is 0 Å². The molecular weight excluding hydrogens is 378 g/mol. The maximum atomic E-state index is 6.02. The molecular formula is C20H18ClN5S. The van der Waals surface area contributed by atoms with E-state index < -0.39 is 0 Å². The number of aliphatic imine (C=N–C) groups is 1. The summed E-state index contributed by atoms with van der Waals surface area (Å²) in [7, 11) is 0. The van der Waals surface area contributed by atoms with Gasteiger partial charge in [0.25, 0.3) is 0 Å². The molecule has 0 amide bonds. The molecule has 0 aromatic carbocycles. The Morgan fingerprint density at radius 3 is 2.81 bits per heavy atom. The third-order valence-corrected chi connectivity index (χ3v) is 6.25. The second-order valence-corrected chi connectivity index (χ2v) is 8.62. The highest BCUT2D eigenvalue weighted by molar-refractivity contribution is 8.14. The van der Waals surface area contributed by atoms with Crippen LogP contribution in [-0.2, 0) is 0 Å². The van der Waals surface area contributed by atoms with E-state index in [-0.39, 0.29) is 12.1 Å². The molecule has 0 bridgehead atoms. The predicted octanol–water partition coefficient (Wildman–Crippen LogP) is 4.51. The molecule has 136 valence electrons. The van der Waals surface area contributed by atoms with Gasteiger partial charge in [0, 0.05) is 36.1 Å². The summed E-state index contributed by atoms with van der Waals surface area (Å²) < 4.78 is 2.13. The molecule has 5 nitrogen and oxygen atoms in total. The summed E-state index contributed by atoms with van der Waals surface area (Å²) in [6.45, 7) is 3.23. The molecule has 2 aliphatic heterocycles. The van der Waals surface area contributed by atoms with E-state index in [0.29, 0.717) is 10.3 Å². The zero-order chi connectivity index (χ0) is 18.4. The van der Waals surface area contributed by atoms with E-state index in [4.69, 9.17) is 16.6 Å². The first kappa shape index (κ1) is 16.8. The van der Waals surface area contributed by atoms with E-state index >= 15 is 0 Å². The predicted molar refractivity (Wildman–Crippen MR) is 109 cm³/mol. The largest absolute Gasteiger partial charge is 0.339 e. The van der Waals surface area contributed by atoms with Crippen LogP contribution < -0.4 is 0 Å². The average molecular weight is 396 g/mol. The first-order valence-electron chi connectivity index (χ1n) is 8.92. The lowest BCUT2D eigenvalue weighted by Crippen LogP contribution is -2.30. The molecule has 5 heterocycles. The number of thioether (sulfide) groups is 1. The quantitative estimate of drug-likeness (QED) is 0.654. The van der Waals surface area contributed by atoms with E-state index in [1.807, 2.05) is 48.4 Å². The maximum absolute atomic E-state index is 6.02. The molecule has 3 atom stereocenters. The number of pyridine rings is 2. The average Bonchev–Trinajstić information content (AvgIpc) is 3.37. The smallest absolute Gasteiger partial charge is 0.160 e. The highest BCUT2D eigenvalue weighted by atomic mass is 35.5. The van der Waals surface area contributed by atoms with Crippen LogP contribution in [0, 0.1) is 0 Å². The summed E-state index contributed by atoms with van der Waals surface area (Å²) in [4.78, 5) is 16.6. The Hall–Kier alpha value is -2.31. The molecule has 0 saturated carbocycles. The first-order valence-corrected chi connectivity index (χ1v) is 10.2. The SMILES string of the molecule is C[C@@H]1CN2C(=N[C@H](c3ccccn3)[C@H]2c2cccn2-c2ccc(Cl)cn2)S1. The van der Waals surface area contributed by atoms with Crippen LogP contribution in [0.5, 0.6) is 0 Å². The number of aromatic nitrogens is 3. The van der Waals surface area contributed by atoms with Crippen molar-refractivity contribution < 1.29 is 0 Å². The molecule has 5 rings (SSSR count). The molecule has 3 aromatic heterocycles. The summed E-state index contributed by atoms with van der Waals surface area (Å²) in [5.74, 6) is 0.854. The van der Waals surface area contributed by atoms with Crippen molar-refractivity contribution >= 4 is 28.5 Å². The van der Waals surface area contributed by atoms with Gasteiger partial charge >= 0.3 is 0 Å². The standard InChI is InChI=1S/C20H18ClN5S/c1-13-12-26-19(18(24-20(26)27-13)15-5-2-3-9-22-15)16-6-4-10-25(16)17-8-7-14(21)11-23-17/h2-11,13,18-19H,12H2,1H3/t13-,18-,19-/m1/s1. The van der Waals surface area contributed by atoms with Crippen LogP contribution in [0.1, 0.15) is 30.4 Å². The number of halogens is 1. The van der Waals surface area contributed by atoms with Gasteiger partial charge in [-0.2, -0.15) is 0 Å².